The third-order valence-corrected chi connectivity index (χ3v) is 8.77. The second kappa shape index (κ2) is 8.98. The second-order valence-electron chi connectivity index (χ2n) is 7.57. The third-order valence-electron chi connectivity index (χ3n) is 5.92. The highest BCUT2D eigenvalue weighted by Gasteiger charge is 2.48. The normalized spacial score (nSPS) is 19.3. The molecule has 3 heteroatoms. The predicted molar refractivity (Wildman–Crippen MR) is 125 cm³/mol. The molecule has 1 heterocycles. The fourth-order valence-electron chi connectivity index (χ4n) is 4.64. The average Bonchev–Trinajstić information content (AvgIpc) is 3.22. The number of rotatable bonds is 5. The molecule has 3 aromatic rings. The van der Waals surface area contributed by atoms with Crippen LogP contribution in [0.3, 0.4) is 0 Å². The predicted octanol–water partition coefficient (Wildman–Crippen LogP) is 6.02. The molecule has 0 saturated carbocycles. The first-order valence-corrected chi connectivity index (χ1v) is 12.0. The molecule has 0 aromatic heterocycles. The number of benzene rings is 3. The molecule has 1 aliphatic heterocycles. The molecular weight excluding hydrogens is 387 g/mol. The van der Waals surface area contributed by atoms with Gasteiger partial charge in [-0.2, -0.15) is 0 Å². The number of ether oxygens (including phenoxy) is 1. The summed E-state index contributed by atoms with van der Waals surface area (Å²) in [5.74, 6) is -0.200. The lowest BCUT2D eigenvalue weighted by Gasteiger charge is -2.35. The number of hydrogen-bond acceptors (Lipinski definition) is 2. The lowest BCUT2D eigenvalue weighted by Crippen LogP contribution is -2.28. The van der Waals surface area contributed by atoms with Crippen LogP contribution in [0.2, 0.25) is 0 Å². The van der Waals surface area contributed by atoms with E-state index in [2.05, 4.69) is 91.0 Å². The van der Waals surface area contributed by atoms with Crippen molar-refractivity contribution in [3.05, 3.63) is 113 Å². The van der Waals surface area contributed by atoms with E-state index >= 15 is 0 Å². The third kappa shape index (κ3) is 3.61. The van der Waals surface area contributed by atoms with Gasteiger partial charge in [-0.25, -0.2) is 4.79 Å². The van der Waals surface area contributed by atoms with Gasteiger partial charge in [0, 0.05) is 11.0 Å². The molecule has 1 unspecified atom stereocenters. The molecule has 4 rings (SSSR count). The van der Waals surface area contributed by atoms with Gasteiger partial charge in [0.1, 0.15) is 0 Å². The van der Waals surface area contributed by atoms with Crippen molar-refractivity contribution in [3.63, 3.8) is 0 Å². The first kappa shape index (κ1) is 20.6. The molecule has 152 valence electrons. The van der Waals surface area contributed by atoms with Crippen molar-refractivity contribution in [2.45, 2.75) is 25.7 Å². The van der Waals surface area contributed by atoms with E-state index in [1.165, 1.54) is 21.7 Å². The first-order valence-electron chi connectivity index (χ1n) is 10.5. The van der Waals surface area contributed by atoms with Crippen LogP contribution in [0.25, 0.3) is 0 Å². The summed E-state index contributed by atoms with van der Waals surface area (Å²) in [5, 5.41) is 2.56. The summed E-state index contributed by atoms with van der Waals surface area (Å²) in [6, 6.07) is 32.0. The summed E-state index contributed by atoms with van der Waals surface area (Å²) in [6.45, 7) is 4.21. The summed E-state index contributed by atoms with van der Waals surface area (Å²) in [6.07, 6.45) is 2.03. The molecule has 3 aromatic carbocycles. The van der Waals surface area contributed by atoms with Gasteiger partial charge in [0.15, 0.2) is 0 Å². The maximum atomic E-state index is 13.0. The van der Waals surface area contributed by atoms with E-state index in [9.17, 15) is 4.79 Å². The van der Waals surface area contributed by atoms with E-state index < -0.39 is 7.92 Å². The van der Waals surface area contributed by atoms with Crippen LogP contribution in [-0.4, -0.2) is 18.7 Å². The highest BCUT2D eigenvalue weighted by Crippen LogP contribution is 2.65. The number of carbonyl (C=O) groups is 1. The first-order chi connectivity index (χ1) is 14.7. The number of esters is 1. The lowest BCUT2D eigenvalue weighted by molar-refractivity contribution is -0.138. The zero-order valence-electron chi connectivity index (χ0n) is 17.5. The standard InChI is InChI=1S/C27H27O2P/c1-3-29-26(28)21(2)25-27(22-13-7-4-8-14-22,23-15-9-5-10-16-23)19-20-30(25)24-17-11-6-12-18-24/h4-18H,3,19-20H2,1-2H3/b25-21+. The Balaban J connectivity index is 2.01. The van der Waals surface area contributed by atoms with Gasteiger partial charge in [-0.3, -0.25) is 0 Å². The van der Waals surface area contributed by atoms with Crippen LogP contribution in [0.15, 0.2) is 102 Å². The minimum absolute atomic E-state index is 0.200. The molecule has 0 bridgehead atoms. The van der Waals surface area contributed by atoms with Crippen LogP contribution in [0.4, 0.5) is 0 Å². The smallest absolute Gasteiger partial charge is 0.334 e. The van der Waals surface area contributed by atoms with Crippen LogP contribution in [-0.2, 0) is 14.9 Å². The minimum Gasteiger partial charge on any atom is -0.463 e. The van der Waals surface area contributed by atoms with Gasteiger partial charge in [-0.1, -0.05) is 91.0 Å². The zero-order valence-corrected chi connectivity index (χ0v) is 18.4. The van der Waals surface area contributed by atoms with Crippen molar-refractivity contribution in [2.75, 3.05) is 12.8 Å². The van der Waals surface area contributed by atoms with Crippen molar-refractivity contribution >= 4 is 19.2 Å². The van der Waals surface area contributed by atoms with Crippen LogP contribution < -0.4 is 5.30 Å². The van der Waals surface area contributed by atoms with Gasteiger partial charge in [0.25, 0.3) is 0 Å². The van der Waals surface area contributed by atoms with Gasteiger partial charge in [-0.05, 0) is 56.1 Å². The Morgan fingerprint density at radius 2 is 1.37 bits per heavy atom. The molecule has 2 nitrogen and oxygen atoms in total. The van der Waals surface area contributed by atoms with E-state index in [0.29, 0.717) is 6.61 Å². The Labute approximate surface area is 180 Å². The molecule has 1 aliphatic rings. The van der Waals surface area contributed by atoms with Crippen molar-refractivity contribution in [2.24, 2.45) is 0 Å². The molecule has 30 heavy (non-hydrogen) atoms. The molecule has 0 radical (unpaired) electrons. The number of allylic oxidation sites excluding steroid dienone is 1. The lowest BCUT2D eigenvalue weighted by atomic mass is 9.71. The summed E-state index contributed by atoms with van der Waals surface area (Å²) in [4.78, 5) is 13.0. The Bertz CT molecular complexity index is 987. The highest BCUT2D eigenvalue weighted by molar-refractivity contribution is 7.70. The fraction of sp³-hybridized carbons (Fsp3) is 0.222. The summed E-state index contributed by atoms with van der Waals surface area (Å²) < 4.78 is 5.48. The van der Waals surface area contributed by atoms with E-state index in [1.54, 1.807) is 0 Å². The summed E-state index contributed by atoms with van der Waals surface area (Å²) in [5.41, 5.74) is 2.93. The molecule has 0 spiro atoms. The maximum absolute atomic E-state index is 13.0. The summed E-state index contributed by atoms with van der Waals surface area (Å²) >= 11 is 0. The molecule has 1 saturated heterocycles. The van der Waals surface area contributed by atoms with Crippen molar-refractivity contribution in [1.82, 2.24) is 0 Å². The van der Waals surface area contributed by atoms with Crippen LogP contribution in [0.5, 0.6) is 0 Å². The van der Waals surface area contributed by atoms with Gasteiger partial charge in [-0.15, -0.1) is 0 Å². The zero-order chi connectivity index (χ0) is 21.0. The Morgan fingerprint density at radius 3 is 1.87 bits per heavy atom. The largest absolute Gasteiger partial charge is 0.463 e. The SMILES string of the molecule is CCOC(=O)/C(C)=C1/P(c2ccccc2)CCC1(c1ccccc1)c1ccccc1. The van der Waals surface area contributed by atoms with Gasteiger partial charge in [0.2, 0.25) is 0 Å². The monoisotopic (exact) mass is 414 g/mol. The Kier molecular flexibility index (Phi) is 6.16. The maximum Gasteiger partial charge on any atom is 0.334 e. The van der Waals surface area contributed by atoms with Gasteiger partial charge < -0.3 is 4.74 Å². The van der Waals surface area contributed by atoms with Gasteiger partial charge >= 0.3 is 5.97 Å². The van der Waals surface area contributed by atoms with Gasteiger partial charge in [0.05, 0.1) is 6.61 Å². The summed E-state index contributed by atoms with van der Waals surface area (Å²) in [7, 11) is -0.643. The average molecular weight is 414 g/mol. The number of carbonyl (C=O) groups excluding carboxylic acids is 1. The second-order valence-corrected chi connectivity index (χ2v) is 9.84. The molecular formula is C27H27O2P. The van der Waals surface area contributed by atoms with E-state index in [4.69, 9.17) is 4.74 Å². The topological polar surface area (TPSA) is 26.3 Å². The van der Waals surface area contributed by atoms with E-state index in [-0.39, 0.29) is 11.4 Å². The van der Waals surface area contributed by atoms with Crippen molar-refractivity contribution in [1.29, 1.82) is 0 Å². The van der Waals surface area contributed by atoms with Crippen LogP contribution >= 0.6 is 7.92 Å². The van der Waals surface area contributed by atoms with E-state index in [0.717, 1.165) is 18.2 Å². The fourth-order valence-corrected chi connectivity index (χ4v) is 7.80. The quantitative estimate of drug-likeness (QED) is 0.290. The molecule has 0 aliphatic carbocycles. The van der Waals surface area contributed by atoms with Crippen LogP contribution in [0.1, 0.15) is 31.4 Å². The highest BCUT2D eigenvalue weighted by atomic mass is 31.1. The Morgan fingerprint density at radius 1 is 0.867 bits per heavy atom. The molecule has 0 N–H and O–H groups in total. The van der Waals surface area contributed by atoms with Crippen LogP contribution in [0, 0.1) is 0 Å². The number of hydrogen-bond donors (Lipinski definition) is 0. The van der Waals surface area contributed by atoms with Crippen molar-refractivity contribution in [3.8, 4) is 0 Å². The van der Waals surface area contributed by atoms with E-state index in [1.807, 2.05) is 13.8 Å². The van der Waals surface area contributed by atoms with Crippen molar-refractivity contribution < 1.29 is 9.53 Å². The molecule has 1 fully saturated rings. The molecule has 1 atom stereocenters. The minimum atomic E-state index is -0.643. The Hall–Kier alpha value is -2.70. The molecule has 0 amide bonds.